The maximum absolute atomic E-state index is 13.4. The van der Waals surface area contributed by atoms with Crippen molar-refractivity contribution in [2.75, 3.05) is 11.5 Å². The van der Waals surface area contributed by atoms with Gasteiger partial charge in [0, 0.05) is 22.9 Å². The fourth-order valence-corrected chi connectivity index (χ4v) is 4.60. The molecule has 0 bridgehead atoms. The van der Waals surface area contributed by atoms with Gasteiger partial charge in [0.2, 0.25) is 0 Å². The van der Waals surface area contributed by atoms with Crippen LogP contribution in [0.25, 0.3) is 5.76 Å². The van der Waals surface area contributed by atoms with Gasteiger partial charge in [-0.3, -0.25) is 14.5 Å². The summed E-state index contributed by atoms with van der Waals surface area (Å²) >= 11 is 0. The molecule has 0 spiro atoms. The number of benzene rings is 3. The normalized spacial score (nSPS) is 17.3. The van der Waals surface area contributed by atoms with Crippen LogP contribution in [0.1, 0.15) is 50.4 Å². The number of hydrogen-bond acceptors (Lipinski definition) is 6. The van der Waals surface area contributed by atoms with Gasteiger partial charge in [-0.2, -0.15) is 0 Å². The van der Waals surface area contributed by atoms with Crippen LogP contribution in [0, 0.1) is 0 Å². The Hall–Kier alpha value is -4.47. The molecule has 40 heavy (non-hydrogen) atoms. The Morgan fingerprint density at radius 1 is 0.975 bits per heavy atom. The van der Waals surface area contributed by atoms with E-state index in [-0.39, 0.29) is 22.6 Å². The molecule has 1 aliphatic heterocycles. The molecule has 0 aliphatic carbocycles. The first-order valence-corrected chi connectivity index (χ1v) is 12.4. The number of Topliss-reactive ketones (excluding diaryl/α,β-unsaturated/α-hetero) is 1. The summed E-state index contributed by atoms with van der Waals surface area (Å²) in [5, 5.41) is 21.3. The molecule has 4 rings (SSSR count). The first-order valence-electron chi connectivity index (χ1n) is 12.4. The number of phenols is 1. The van der Waals surface area contributed by atoms with Crippen molar-refractivity contribution in [3.05, 3.63) is 89.0 Å². The van der Waals surface area contributed by atoms with Crippen LogP contribution in [0.5, 0.6) is 17.2 Å². The maximum Gasteiger partial charge on any atom is 0.573 e. The fraction of sp³-hybridized carbons (Fsp3) is 0.267. The van der Waals surface area contributed by atoms with E-state index in [1.807, 2.05) is 27.7 Å². The number of aliphatic hydroxyl groups is 1. The predicted molar refractivity (Wildman–Crippen MR) is 142 cm³/mol. The minimum atomic E-state index is -4.97. The number of ketones is 1. The molecule has 0 saturated carbocycles. The second kappa shape index (κ2) is 10.6. The average molecular weight is 556 g/mol. The number of rotatable bonds is 6. The van der Waals surface area contributed by atoms with Crippen LogP contribution in [0.4, 0.5) is 18.9 Å². The van der Waals surface area contributed by atoms with Crippen molar-refractivity contribution in [3.8, 4) is 17.2 Å². The van der Waals surface area contributed by atoms with Crippen LogP contribution in [0.15, 0.2) is 72.3 Å². The van der Waals surface area contributed by atoms with E-state index in [1.165, 1.54) is 36.4 Å². The van der Waals surface area contributed by atoms with Gasteiger partial charge in [-0.05, 0) is 60.4 Å². The summed E-state index contributed by atoms with van der Waals surface area (Å²) in [4.78, 5) is 27.8. The SMILES string of the molecule is CCOc1ccc(/C(O)=C2/C(=O)C(=O)N(c3cccc(OC(F)(F)F)c3)C2c2ccc(O)cc2)cc1C(C)(C)C. The Kier molecular flexibility index (Phi) is 7.56. The molecule has 1 atom stereocenters. The van der Waals surface area contributed by atoms with Crippen molar-refractivity contribution in [2.24, 2.45) is 0 Å². The highest BCUT2D eigenvalue weighted by atomic mass is 19.4. The number of ether oxygens (including phenoxy) is 2. The molecule has 7 nitrogen and oxygen atoms in total. The summed E-state index contributed by atoms with van der Waals surface area (Å²) in [5.41, 5.74) is 0.630. The number of aliphatic hydroxyl groups excluding tert-OH is 1. The summed E-state index contributed by atoms with van der Waals surface area (Å²) < 4.78 is 48.4. The first-order chi connectivity index (χ1) is 18.7. The van der Waals surface area contributed by atoms with Gasteiger partial charge in [0.1, 0.15) is 23.0 Å². The van der Waals surface area contributed by atoms with Crippen LogP contribution < -0.4 is 14.4 Å². The topological polar surface area (TPSA) is 96.3 Å². The first kappa shape index (κ1) is 28.5. The zero-order valence-electron chi connectivity index (χ0n) is 22.2. The lowest BCUT2D eigenvalue weighted by atomic mass is 9.84. The van der Waals surface area contributed by atoms with Gasteiger partial charge in [0.15, 0.2) is 0 Å². The van der Waals surface area contributed by atoms with E-state index in [0.717, 1.165) is 22.6 Å². The molecule has 1 saturated heterocycles. The third-order valence-corrected chi connectivity index (χ3v) is 6.34. The zero-order chi connectivity index (χ0) is 29.4. The highest BCUT2D eigenvalue weighted by Crippen LogP contribution is 2.44. The minimum absolute atomic E-state index is 0.0527. The fourth-order valence-electron chi connectivity index (χ4n) is 4.60. The van der Waals surface area contributed by atoms with Gasteiger partial charge in [-0.1, -0.05) is 39.0 Å². The second-order valence-electron chi connectivity index (χ2n) is 10.2. The number of hydrogen-bond donors (Lipinski definition) is 2. The van der Waals surface area contributed by atoms with Gasteiger partial charge in [0.25, 0.3) is 11.7 Å². The zero-order valence-corrected chi connectivity index (χ0v) is 22.2. The third kappa shape index (κ3) is 5.75. The third-order valence-electron chi connectivity index (χ3n) is 6.34. The van der Waals surface area contributed by atoms with E-state index in [2.05, 4.69) is 4.74 Å². The number of nitrogens with zero attached hydrogens (tertiary/aromatic N) is 1. The smallest absolute Gasteiger partial charge is 0.508 e. The van der Waals surface area contributed by atoms with Crippen molar-refractivity contribution in [1.82, 2.24) is 0 Å². The molecular weight excluding hydrogens is 527 g/mol. The van der Waals surface area contributed by atoms with Crippen LogP contribution >= 0.6 is 0 Å². The standard InChI is InChI=1S/C30H28F3NO6/c1-5-39-23-14-11-18(15-22(23)29(2,3)4)26(36)24-25(17-9-12-20(35)13-10-17)34(28(38)27(24)37)19-7-6-8-21(16-19)40-30(31,32)33/h6-16,25,35-36H,5H2,1-4H3/b26-24-. The molecule has 0 radical (unpaired) electrons. The summed E-state index contributed by atoms with van der Waals surface area (Å²) in [5.74, 6) is -2.60. The highest BCUT2D eigenvalue weighted by molar-refractivity contribution is 6.51. The molecule has 1 aliphatic rings. The van der Waals surface area contributed by atoms with Gasteiger partial charge < -0.3 is 19.7 Å². The molecule has 1 heterocycles. The van der Waals surface area contributed by atoms with Gasteiger partial charge in [0.05, 0.1) is 18.2 Å². The Morgan fingerprint density at radius 3 is 2.25 bits per heavy atom. The predicted octanol–water partition coefficient (Wildman–Crippen LogP) is 6.61. The largest absolute Gasteiger partial charge is 0.573 e. The number of carbonyl (C=O) groups excluding carboxylic acids is 2. The van der Waals surface area contributed by atoms with E-state index in [1.54, 1.807) is 18.2 Å². The minimum Gasteiger partial charge on any atom is -0.508 e. The Labute approximate surface area is 229 Å². The lowest BCUT2D eigenvalue weighted by Crippen LogP contribution is -2.29. The number of phenolic OH excluding ortho intramolecular Hbond substituents is 1. The number of amides is 1. The monoisotopic (exact) mass is 555 g/mol. The maximum atomic E-state index is 13.4. The summed E-state index contributed by atoms with van der Waals surface area (Å²) in [6.45, 7) is 8.13. The number of carbonyl (C=O) groups is 2. The molecule has 3 aromatic rings. The Balaban J connectivity index is 1.92. The van der Waals surface area contributed by atoms with E-state index < -0.39 is 41.0 Å². The van der Waals surface area contributed by atoms with E-state index in [0.29, 0.717) is 17.9 Å². The number of anilines is 1. The molecule has 1 unspecified atom stereocenters. The van der Waals surface area contributed by atoms with Crippen molar-refractivity contribution in [3.63, 3.8) is 0 Å². The molecule has 10 heteroatoms. The Morgan fingerprint density at radius 2 is 1.65 bits per heavy atom. The van der Waals surface area contributed by atoms with Crippen molar-refractivity contribution in [2.45, 2.75) is 45.5 Å². The molecular formula is C30H28F3NO6. The van der Waals surface area contributed by atoms with Gasteiger partial charge >= 0.3 is 6.36 Å². The number of aromatic hydroxyl groups is 1. The van der Waals surface area contributed by atoms with E-state index in [9.17, 15) is 33.0 Å². The number of alkyl halides is 3. The summed E-state index contributed by atoms with van der Waals surface area (Å²) in [7, 11) is 0. The molecule has 3 aromatic carbocycles. The summed E-state index contributed by atoms with van der Waals surface area (Å²) in [6, 6.07) is 14.0. The molecule has 2 N–H and O–H groups in total. The molecule has 0 aromatic heterocycles. The quantitative estimate of drug-likeness (QED) is 0.202. The number of halogens is 3. The van der Waals surface area contributed by atoms with Crippen LogP contribution in [-0.2, 0) is 15.0 Å². The van der Waals surface area contributed by atoms with Crippen molar-refractivity contribution >= 4 is 23.1 Å². The Bertz CT molecular complexity index is 1470. The molecule has 1 amide bonds. The lowest BCUT2D eigenvalue weighted by molar-refractivity contribution is -0.274. The van der Waals surface area contributed by atoms with E-state index in [4.69, 9.17) is 4.74 Å². The average Bonchev–Trinajstić information content (AvgIpc) is 3.13. The molecule has 210 valence electrons. The van der Waals surface area contributed by atoms with Gasteiger partial charge in [-0.25, -0.2) is 0 Å². The second-order valence-corrected chi connectivity index (χ2v) is 10.2. The van der Waals surface area contributed by atoms with Crippen LogP contribution in [0.2, 0.25) is 0 Å². The molecule has 1 fully saturated rings. The van der Waals surface area contributed by atoms with Crippen LogP contribution in [0.3, 0.4) is 0 Å². The lowest BCUT2D eigenvalue weighted by Gasteiger charge is -2.26. The van der Waals surface area contributed by atoms with Crippen molar-refractivity contribution in [1.29, 1.82) is 0 Å². The summed E-state index contributed by atoms with van der Waals surface area (Å²) in [6.07, 6.45) is -4.97. The van der Waals surface area contributed by atoms with Crippen molar-refractivity contribution < 1.29 is 42.4 Å². The van der Waals surface area contributed by atoms with E-state index >= 15 is 0 Å². The van der Waals surface area contributed by atoms with Crippen LogP contribution in [-0.4, -0.2) is 34.9 Å². The highest BCUT2D eigenvalue weighted by Gasteiger charge is 2.47. The van der Waals surface area contributed by atoms with Gasteiger partial charge in [-0.15, -0.1) is 13.2 Å².